The van der Waals surface area contributed by atoms with Crippen molar-refractivity contribution in [3.05, 3.63) is 56.6 Å². The van der Waals surface area contributed by atoms with E-state index in [1.165, 1.54) is 23.5 Å². The molecule has 33 heavy (non-hydrogen) atoms. The predicted molar refractivity (Wildman–Crippen MR) is 136 cm³/mol. The summed E-state index contributed by atoms with van der Waals surface area (Å²) < 4.78 is 6.13. The van der Waals surface area contributed by atoms with Crippen LogP contribution < -0.4 is 9.64 Å². The van der Waals surface area contributed by atoms with E-state index in [1.54, 1.807) is 37.1 Å². The highest BCUT2D eigenvalue weighted by Crippen LogP contribution is 2.39. The van der Waals surface area contributed by atoms with Crippen LogP contribution in [-0.4, -0.2) is 54.0 Å². The van der Waals surface area contributed by atoms with Crippen LogP contribution in [0, 0.1) is 17.0 Å². The average Bonchev–Trinajstić information content (AvgIpc) is 3.22. The van der Waals surface area contributed by atoms with E-state index >= 15 is 0 Å². The molecule has 8 nitrogen and oxygen atoms in total. The average molecular weight is 513 g/mol. The number of carbonyl (C=O) groups excluding carboxylic acids is 1. The Morgan fingerprint density at radius 3 is 2.52 bits per heavy atom. The molecule has 0 bridgehead atoms. The number of hydrogen-bond donors (Lipinski definition) is 0. The minimum absolute atomic E-state index is 0. The van der Waals surface area contributed by atoms with Crippen molar-refractivity contribution < 1.29 is 14.5 Å². The van der Waals surface area contributed by atoms with Crippen molar-refractivity contribution in [1.82, 2.24) is 9.88 Å². The highest BCUT2D eigenvalue weighted by molar-refractivity contribution is 7.23. The van der Waals surface area contributed by atoms with Gasteiger partial charge in [0.25, 0.3) is 11.6 Å². The van der Waals surface area contributed by atoms with E-state index in [4.69, 9.17) is 16.3 Å². The van der Waals surface area contributed by atoms with Gasteiger partial charge in [0.2, 0.25) is 0 Å². The summed E-state index contributed by atoms with van der Waals surface area (Å²) in [5.41, 5.74) is 1.09. The fourth-order valence-electron chi connectivity index (χ4n) is 3.49. The third-order valence-electron chi connectivity index (χ3n) is 5.41. The second kappa shape index (κ2) is 11.6. The van der Waals surface area contributed by atoms with E-state index in [2.05, 4.69) is 23.7 Å². The van der Waals surface area contributed by atoms with Gasteiger partial charge in [-0.25, -0.2) is 4.98 Å². The normalized spacial score (nSPS) is 10.8. The first-order valence-electron chi connectivity index (χ1n) is 10.2. The first kappa shape index (κ1) is 26.8. The Morgan fingerprint density at radius 1 is 1.21 bits per heavy atom. The Bertz CT molecular complexity index is 1150. The van der Waals surface area contributed by atoms with Gasteiger partial charge in [-0.1, -0.05) is 42.9 Å². The number of amides is 1. The summed E-state index contributed by atoms with van der Waals surface area (Å²) in [7, 11) is 1.55. The number of nitro benzene ring substituents is 1. The molecule has 1 heterocycles. The van der Waals surface area contributed by atoms with Crippen LogP contribution in [-0.2, 0) is 0 Å². The molecule has 1 amide bonds. The van der Waals surface area contributed by atoms with E-state index in [0.717, 1.165) is 17.8 Å². The maximum Gasteiger partial charge on any atom is 0.273 e. The number of fused-ring (bicyclic) bond motifs is 1. The van der Waals surface area contributed by atoms with Crippen molar-refractivity contribution in [2.45, 2.75) is 20.8 Å². The Hall–Kier alpha value is -2.46. The number of benzene rings is 2. The largest absolute Gasteiger partial charge is 0.494 e. The second-order valence-electron chi connectivity index (χ2n) is 7.11. The summed E-state index contributed by atoms with van der Waals surface area (Å²) in [4.78, 5) is 33.0. The molecule has 2 aromatic carbocycles. The third kappa shape index (κ3) is 5.55. The SMILES string of the molecule is CCN(CC)CCN(C(=O)c1cccc([N+](=O)[O-])c1C)c1nc2c(OC)ccc(Cl)c2s1.Cl. The van der Waals surface area contributed by atoms with Gasteiger partial charge in [0.15, 0.2) is 5.13 Å². The molecule has 0 N–H and O–H groups in total. The fraction of sp³-hybridized carbons (Fsp3) is 0.364. The molecule has 0 aliphatic carbocycles. The second-order valence-corrected chi connectivity index (χ2v) is 8.50. The zero-order valence-corrected chi connectivity index (χ0v) is 21.2. The van der Waals surface area contributed by atoms with Gasteiger partial charge in [0.05, 0.1) is 21.8 Å². The smallest absolute Gasteiger partial charge is 0.273 e. The van der Waals surface area contributed by atoms with Gasteiger partial charge >= 0.3 is 0 Å². The van der Waals surface area contributed by atoms with Crippen molar-refractivity contribution in [2.75, 3.05) is 38.2 Å². The van der Waals surface area contributed by atoms with Crippen molar-refractivity contribution >= 4 is 62.3 Å². The topological polar surface area (TPSA) is 88.8 Å². The molecule has 178 valence electrons. The van der Waals surface area contributed by atoms with Crippen LogP contribution in [0.3, 0.4) is 0 Å². The number of methoxy groups -OCH3 is 1. The molecule has 0 radical (unpaired) electrons. The lowest BCUT2D eigenvalue weighted by Gasteiger charge is -2.25. The Kier molecular flexibility index (Phi) is 9.42. The molecule has 11 heteroatoms. The molecule has 0 spiro atoms. The predicted octanol–water partition coefficient (Wildman–Crippen LogP) is 5.59. The quantitative estimate of drug-likeness (QED) is 0.274. The molecule has 0 atom stereocenters. The minimum Gasteiger partial charge on any atom is -0.494 e. The summed E-state index contributed by atoms with van der Waals surface area (Å²) in [5, 5.41) is 12.4. The molecule has 3 rings (SSSR count). The van der Waals surface area contributed by atoms with Crippen LogP contribution in [0.5, 0.6) is 5.75 Å². The van der Waals surface area contributed by atoms with Crippen molar-refractivity contribution in [1.29, 1.82) is 0 Å². The molecule has 0 fully saturated rings. The number of rotatable bonds is 9. The standard InChI is InChI=1S/C22H25ClN4O4S.ClH/c1-5-25(6-2)12-13-26(21(28)15-8-7-9-17(14(15)3)27(29)30)22-24-19-18(31-4)11-10-16(23)20(19)32-22;/h7-11H,5-6,12-13H2,1-4H3;1H. The Morgan fingerprint density at radius 2 is 1.91 bits per heavy atom. The highest BCUT2D eigenvalue weighted by atomic mass is 35.5. The third-order valence-corrected chi connectivity index (χ3v) is 6.95. The summed E-state index contributed by atoms with van der Waals surface area (Å²) in [6, 6.07) is 8.00. The number of nitrogens with zero attached hydrogens (tertiary/aromatic N) is 4. The Labute approximate surface area is 207 Å². The van der Waals surface area contributed by atoms with Gasteiger partial charge in [0, 0.05) is 30.3 Å². The molecule has 0 saturated carbocycles. The number of nitro groups is 1. The van der Waals surface area contributed by atoms with Crippen LogP contribution in [0.15, 0.2) is 30.3 Å². The number of aromatic nitrogens is 1. The van der Waals surface area contributed by atoms with Crippen LogP contribution in [0.4, 0.5) is 10.8 Å². The van der Waals surface area contributed by atoms with E-state index < -0.39 is 4.92 Å². The summed E-state index contributed by atoms with van der Waals surface area (Å²) in [5.74, 6) is 0.224. The van der Waals surface area contributed by atoms with Gasteiger partial charge in [-0.2, -0.15) is 0 Å². The molecule has 0 unspecified atom stereocenters. The zero-order valence-electron chi connectivity index (χ0n) is 18.8. The lowest BCUT2D eigenvalue weighted by molar-refractivity contribution is -0.385. The molecular formula is C22H26Cl2N4O4S. The van der Waals surface area contributed by atoms with Crippen molar-refractivity contribution in [3.63, 3.8) is 0 Å². The number of carbonyl (C=O) groups is 1. The number of hydrogen-bond acceptors (Lipinski definition) is 7. The number of anilines is 1. The maximum absolute atomic E-state index is 13.6. The first-order valence-corrected chi connectivity index (χ1v) is 11.4. The zero-order chi connectivity index (χ0) is 23.4. The van der Waals surface area contributed by atoms with Crippen molar-refractivity contribution in [2.24, 2.45) is 0 Å². The highest BCUT2D eigenvalue weighted by Gasteiger charge is 2.27. The molecule has 0 saturated heterocycles. The van der Waals surface area contributed by atoms with E-state index in [1.807, 2.05) is 0 Å². The molecular weight excluding hydrogens is 487 g/mol. The number of thiazole rings is 1. The fourth-order valence-corrected chi connectivity index (χ4v) is 4.77. The van der Waals surface area contributed by atoms with E-state index in [0.29, 0.717) is 40.1 Å². The maximum atomic E-state index is 13.6. The Balaban J connectivity index is 0.00000385. The number of likely N-dealkylation sites (N-methyl/N-ethyl adjacent to an activating group) is 1. The minimum atomic E-state index is -0.478. The van der Waals surface area contributed by atoms with Gasteiger partial charge in [-0.3, -0.25) is 19.8 Å². The van der Waals surface area contributed by atoms with Crippen LogP contribution in [0.1, 0.15) is 29.8 Å². The molecule has 0 aliphatic rings. The van der Waals surface area contributed by atoms with E-state index in [9.17, 15) is 14.9 Å². The lowest BCUT2D eigenvalue weighted by atomic mass is 10.1. The van der Waals surface area contributed by atoms with Crippen LogP contribution in [0.2, 0.25) is 5.02 Å². The summed E-state index contributed by atoms with van der Waals surface area (Å²) >= 11 is 7.68. The first-order chi connectivity index (χ1) is 15.3. The van der Waals surface area contributed by atoms with Crippen LogP contribution >= 0.6 is 35.3 Å². The number of ether oxygens (including phenoxy) is 1. The molecule has 3 aromatic rings. The van der Waals surface area contributed by atoms with Crippen molar-refractivity contribution in [3.8, 4) is 5.75 Å². The van der Waals surface area contributed by atoms with Gasteiger partial charge in [-0.05, 0) is 38.2 Å². The van der Waals surface area contributed by atoms with Crippen LogP contribution in [0.25, 0.3) is 10.2 Å². The number of halogens is 2. The lowest BCUT2D eigenvalue weighted by Crippen LogP contribution is -2.39. The monoisotopic (exact) mass is 512 g/mol. The van der Waals surface area contributed by atoms with Gasteiger partial charge < -0.3 is 9.64 Å². The summed E-state index contributed by atoms with van der Waals surface area (Å²) in [6.45, 7) is 8.40. The van der Waals surface area contributed by atoms with Gasteiger partial charge in [-0.15, -0.1) is 12.4 Å². The van der Waals surface area contributed by atoms with E-state index in [-0.39, 0.29) is 29.6 Å². The molecule has 0 aliphatic heterocycles. The van der Waals surface area contributed by atoms with Gasteiger partial charge in [0.1, 0.15) is 11.3 Å². The molecule has 1 aromatic heterocycles. The summed E-state index contributed by atoms with van der Waals surface area (Å²) in [6.07, 6.45) is 0.